The average Bonchev–Trinajstić information content (AvgIpc) is 3.25. The Morgan fingerprint density at radius 3 is 2.34 bits per heavy atom. The van der Waals surface area contributed by atoms with E-state index < -0.39 is 0 Å². The number of rotatable bonds is 6. The van der Waals surface area contributed by atoms with Gasteiger partial charge in [-0.3, -0.25) is 0 Å². The van der Waals surface area contributed by atoms with E-state index in [1.165, 1.54) is 9.79 Å². The number of anilines is 1. The lowest BCUT2D eigenvalue weighted by Crippen LogP contribution is -2.08. The summed E-state index contributed by atoms with van der Waals surface area (Å²) in [6, 6.07) is 27.0. The van der Waals surface area contributed by atoms with Gasteiger partial charge in [0.25, 0.3) is 0 Å². The van der Waals surface area contributed by atoms with E-state index in [2.05, 4.69) is 74.9 Å². The molecule has 0 amide bonds. The minimum Gasteiger partial charge on any atom is -0.242 e. The van der Waals surface area contributed by atoms with Crippen LogP contribution in [0.5, 0.6) is 0 Å². The minimum atomic E-state index is 0.857. The molecule has 4 aromatic rings. The number of hydrazone groups is 1. The first-order valence-electron chi connectivity index (χ1n) is 8.99. The molecule has 29 heavy (non-hydrogen) atoms. The van der Waals surface area contributed by atoms with Gasteiger partial charge in [-0.1, -0.05) is 70.2 Å². The molecule has 1 aromatic heterocycles. The molecular weight excluding hydrogens is 462 g/mol. The molecule has 3 aromatic carbocycles. The fourth-order valence-electron chi connectivity index (χ4n) is 2.62. The highest BCUT2D eigenvalue weighted by Crippen LogP contribution is 2.31. The highest BCUT2D eigenvalue weighted by molar-refractivity contribution is 9.10. The zero-order chi connectivity index (χ0) is 20.1. The fourth-order valence-corrected chi connectivity index (χ4v) is 4.47. The maximum absolute atomic E-state index is 4.74. The van der Waals surface area contributed by atoms with E-state index in [9.17, 15) is 0 Å². The lowest BCUT2D eigenvalue weighted by molar-refractivity contribution is 1.01. The largest absolute Gasteiger partial charge is 0.242 e. The Hall–Kier alpha value is -2.41. The first kappa shape index (κ1) is 19.9. The number of nitrogens with zero attached hydrogens (tertiary/aromatic N) is 3. The molecule has 0 atom stereocenters. The van der Waals surface area contributed by atoms with Gasteiger partial charge < -0.3 is 0 Å². The Morgan fingerprint density at radius 2 is 1.62 bits per heavy atom. The Balaban J connectivity index is 1.43. The molecule has 0 saturated heterocycles. The van der Waals surface area contributed by atoms with E-state index in [0.29, 0.717) is 0 Å². The third-order valence-electron chi connectivity index (χ3n) is 4.15. The van der Waals surface area contributed by atoms with Crippen LogP contribution in [0, 0.1) is 0 Å². The molecule has 144 valence electrons. The summed E-state index contributed by atoms with van der Waals surface area (Å²) >= 11 is 6.79. The molecule has 0 saturated carbocycles. The Bertz CT molecular complexity index is 1090. The van der Waals surface area contributed by atoms with Crippen molar-refractivity contribution in [3.63, 3.8) is 0 Å². The predicted molar refractivity (Wildman–Crippen MR) is 128 cm³/mol. The van der Waals surface area contributed by atoms with Crippen LogP contribution in [-0.4, -0.2) is 18.2 Å². The molecule has 3 nitrogen and oxygen atoms in total. The Morgan fingerprint density at radius 1 is 0.931 bits per heavy atom. The van der Waals surface area contributed by atoms with Crippen LogP contribution < -0.4 is 5.01 Å². The van der Waals surface area contributed by atoms with Gasteiger partial charge in [-0.25, -0.2) is 9.99 Å². The van der Waals surface area contributed by atoms with Crippen LogP contribution >= 0.6 is 39.0 Å². The highest BCUT2D eigenvalue weighted by Gasteiger charge is 2.08. The van der Waals surface area contributed by atoms with Crippen molar-refractivity contribution in [2.24, 2.45) is 5.10 Å². The summed E-state index contributed by atoms with van der Waals surface area (Å²) in [5.74, 6) is 0. The van der Waals surface area contributed by atoms with E-state index in [1.807, 2.05) is 43.6 Å². The number of hydrogen-bond donors (Lipinski definition) is 0. The van der Waals surface area contributed by atoms with Crippen LogP contribution in [0.4, 0.5) is 5.13 Å². The van der Waals surface area contributed by atoms with Gasteiger partial charge in [-0.2, -0.15) is 5.10 Å². The number of aromatic nitrogens is 1. The van der Waals surface area contributed by atoms with Gasteiger partial charge in [0, 0.05) is 32.3 Å². The molecule has 0 aliphatic rings. The second kappa shape index (κ2) is 9.39. The van der Waals surface area contributed by atoms with Crippen molar-refractivity contribution in [1.82, 2.24) is 4.98 Å². The van der Waals surface area contributed by atoms with E-state index in [1.54, 1.807) is 28.1 Å². The van der Waals surface area contributed by atoms with Gasteiger partial charge >= 0.3 is 0 Å². The van der Waals surface area contributed by atoms with Gasteiger partial charge in [0.15, 0.2) is 0 Å². The number of halogens is 1. The molecule has 0 spiro atoms. The van der Waals surface area contributed by atoms with Gasteiger partial charge in [0.05, 0.1) is 11.9 Å². The molecule has 0 N–H and O–H groups in total. The van der Waals surface area contributed by atoms with Crippen molar-refractivity contribution in [1.29, 1.82) is 0 Å². The van der Waals surface area contributed by atoms with Gasteiger partial charge in [0.2, 0.25) is 5.13 Å². The second-order valence-corrected chi connectivity index (χ2v) is 9.17. The predicted octanol–water partition coefficient (Wildman–Crippen LogP) is 7.19. The maximum Gasteiger partial charge on any atom is 0.206 e. The number of hydrogen-bond acceptors (Lipinski definition) is 5. The third kappa shape index (κ3) is 5.35. The van der Waals surface area contributed by atoms with Gasteiger partial charge in [0.1, 0.15) is 0 Å². The van der Waals surface area contributed by atoms with E-state index in [4.69, 9.17) is 4.98 Å². The zero-order valence-corrected chi connectivity index (χ0v) is 18.9. The quantitative estimate of drug-likeness (QED) is 0.216. The van der Waals surface area contributed by atoms with Crippen molar-refractivity contribution in [3.8, 4) is 11.3 Å². The molecular formula is C23H18BrN3S2. The molecule has 4 rings (SSSR count). The summed E-state index contributed by atoms with van der Waals surface area (Å²) in [4.78, 5) is 7.19. The summed E-state index contributed by atoms with van der Waals surface area (Å²) in [5, 5.41) is 9.23. The number of thiazole rings is 1. The molecule has 0 aliphatic heterocycles. The summed E-state index contributed by atoms with van der Waals surface area (Å²) in [5.41, 5.74) is 3.12. The summed E-state index contributed by atoms with van der Waals surface area (Å²) in [7, 11) is 1.91. The summed E-state index contributed by atoms with van der Waals surface area (Å²) < 4.78 is 1.06. The van der Waals surface area contributed by atoms with Crippen LogP contribution in [0.1, 0.15) is 5.56 Å². The highest BCUT2D eigenvalue weighted by atomic mass is 79.9. The Kier molecular flexibility index (Phi) is 6.44. The summed E-state index contributed by atoms with van der Waals surface area (Å²) in [6.07, 6.45) is 1.84. The monoisotopic (exact) mass is 479 g/mol. The van der Waals surface area contributed by atoms with Crippen molar-refractivity contribution in [2.75, 3.05) is 12.1 Å². The standard InChI is InChI=1S/C23H18BrN3S2/c1-27(25-15-17-7-11-19(24)12-8-17)23-26-22(16-28-23)18-9-13-21(14-10-18)29-20-5-3-2-4-6-20/h2-16H,1H3. The molecule has 6 heteroatoms. The van der Waals surface area contributed by atoms with Gasteiger partial charge in [-0.15, -0.1) is 11.3 Å². The SMILES string of the molecule is CN(N=Cc1ccc(Br)cc1)c1nc(-c2ccc(Sc3ccccc3)cc2)cs1. The van der Waals surface area contributed by atoms with Crippen molar-refractivity contribution >= 4 is 50.4 Å². The number of benzene rings is 3. The lowest BCUT2D eigenvalue weighted by atomic mass is 10.2. The molecule has 0 radical (unpaired) electrons. The Labute approximate surface area is 187 Å². The third-order valence-corrected chi connectivity index (χ3v) is 6.60. The molecule has 0 fully saturated rings. The smallest absolute Gasteiger partial charge is 0.206 e. The lowest BCUT2D eigenvalue weighted by Gasteiger charge is -2.08. The molecule has 0 unspecified atom stereocenters. The topological polar surface area (TPSA) is 28.5 Å². The second-order valence-electron chi connectivity index (χ2n) is 6.27. The van der Waals surface area contributed by atoms with Crippen LogP contribution in [0.2, 0.25) is 0 Å². The molecule has 1 heterocycles. The normalized spacial score (nSPS) is 11.1. The van der Waals surface area contributed by atoms with Crippen molar-refractivity contribution < 1.29 is 0 Å². The van der Waals surface area contributed by atoms with E-state index >= 15 is 0 Å². The molecule has 0 aliphatic carbocycles. The fraction of sp³-hybridized carbons (Fsp3) is 0.0435. The first-order valence-corrected chi connectivity index (χ1v) is 11.5. The van der Waals surface area contributed by atoms with Crippen LogP contribution in [0.25, 0.3) is 11.3 Å². The average molecular weight is 480 g/mol. The van der Waals surface area contributed by atoms with E-state index in [0.717, 1.165) is 26.4 Å². The van der Waals surface area contributed by atoms with Gasteiger partial charge in [-0.05, 0) is 42.0 Å². The van der Waals surface area contributed by atoms with Crippen molar-refractivity contribution in [3.05, 3.63) is 94.3 Å². The first-order chi connectivity index (χ1) is 14.2. The van der Waals surface area contributed by atoms with Crippen LogP contribution in [0.15, 0.2) is 104 Å². The van der Waals surface area contributed by atoms with Crippen LogP contribution in [-0.2, 0) is 0 Å². The zero-order valence-electron chi connectivity index (χ0n) is 15.7. The summed E-state index contributed by atoms with van der Waals surface area (Å²) in [6.45, 7) is 0. The molecule has 0 bridgehead atoms. The van der Waals surface area contributed by atoms with Crippen LogP contribution in [0.3, 0.4) is 0 Å². The van der Waals surface area contributed by atoms with E-state index in [-0.39, 0.29) is 0 Å². The van der Waals surface area contributed by atoms with Crippen molar-refractivity contribution in [2.45, 2.75) is 9.79 Å². The maximum atomic E-state index is 4.74. The minimum absolute atomic E-state index is 0.857.